The second-order valence-corrected chi connectivity index (χ2v) is 8.55. The Hall–Kier alpha value is -1.49. The molecule has 2 aliphatic rings. The smallest absolute Gasteiger partial charge is 0.230 e. The molecule has 4 unspecified atom stereocenters. The number of fused-ring (bicyclic) bond motifs is 3. The predicted octanol–water partition coefficient (Wildman–Crippen LogP) is 4.09. The molecule has 4 rings (SSSR count). The number of benzene rings is 1. The van der Waals surface area contributed by atoms with Crippen LogP contribution < -0.4 is 5.32 Å². The second-order valence-electron chi connectivity index (χ2n) is 7.61. The van der Waals surface area contributed by atoms with Crippen molar-refractivity contribution in [3.8, 4) is 0 Å². The number of para-hydroxylation sites is 2. The number of carbonyl (C=O) groups is 1. The van der Waals surface area contributed by atoms with E-state index < -0.39 is 0 Å². The fourth-order valence-corrected chi connectivity index (χ4v) is 5.80. The lowest BCUT2D eigenvalue weighted by atomic mass is 9.84. The van der Waals surface area contributed by atoms with Crippen LogP contribution in [0.15, 0.2) is 29.4 Å². The minimum absolute atomic E-state index is 0.134. The van der Waals surface area contributed by atoms with E-state index in [1.807, 2.05) is 18.2 Å². The first-order valence-corrected chi connectivity index (χ1v) is 10.5. The van der Waals surface area contributed by atoms with Gasteiger partial charge in [-0.15, -0.1) is 0 Å². The van der Waals surface area contributed by atoms with Gasteiger partial charge in [0.05, 0.1) is 16.8 Å². The summed E-state index contributed by atoms with van der Waals surface area (Å²) in [5.74, 6) is 3.03. The normalized spacial score (nSPS) is 26.2. The van der Waals surface area contributed by atoms with E-state index in [4.69, 9.17) is 0 Å². The molecule has 1 heterocycles. The largest absolute Gasteiger partial charge is 0.353 e. The lowest BCUT2D eigenvalue weighted by Gasteiger charge is -2.28. The summed E-state index contributed by atoms with van der Waals surface area (Å²) in [6, 6.07) is 8.46. The van der Waals surface area contributed by atoms with E-state index in [1.54, 1.807) is 11.8 Å². The van der Waals surface area contributed by atoms with Crippen LogP contribution in [0.5, 0.6) is 0 Å². The molecule has 2 aromatic rings. The summed E-state index contributed by atoms with van der Waals surface area (Å²) < 4.78 is 2.19. The number of aromatic nitrogens is 2. The highest BCUT2D eigenvalue weighted by atomic mass is 32.2. The Morgan fingerprint density at radius 3 is 2.92 bits per heavy atom. The molecule has 5 heteroatoms. The number of carbonyl (C=O) groups excluding carboxylic acids is 1. The zero-order chi connectivity index (χ0) is 17.4. The third kappa shape index (κ3) is 3.31. The maximum absolute atomic E-state index is 12.4. The minimum atomic E-state index is 0.134. The Morgan fingerprint density at radius 1 is 1.36 bits per heavy atom. The number of nitrogens with zero attached hydrogens (tertiary/aromatic N) is 2. The highest BCUT2D eigenvalue weighted by Gasteiger charge is 2.42. The molecule has 1 aromatic heterocycles. The number of amides is 1. The first-order valence-electron chi connectivity index (χ1n) is 9.53. The summed E-state index contributed by atoms with van der Waals surface area (Å²) >= 11 is 1.55. The summed E-state index contributed by atoms with van der Waals surface area (Å²) in [7, 11) is 0. The Balaban J connectivity index is 1.36. The quantitative estimate of drug-likeness (QED) is 0.792. The van der Waals surface area contributed by atoms with Crippen molar-refractivity contribution < 1.29 is 4.79 Å². The molecular formula is C20H27N3OS. The summed E-state index contributed by atoms with van der Waals surface area (Å²) in [6.45, 7) is 5.18. The van der Waals surface area contributed by atoms with Crippen molar-refractivity contribution in [2.24, 2.45) is 17.8 Å². The standard InChI is InChI=1S/C20H27N3OS/c1-3-23-18-7-5-4-6-17(18)22-20(23)25-12-19(24)21-13(2)16-11-14-8-9-15(16)10-14/h4-7,13-16H,3,8-12H2,1-2H3,(H,21,24). The fraction of sp³-hybridized carbons (Fsp3) is 0.600. The van der Waals surface area contributed by atoms with Crippen molar-refractivity contribution in [2.75, 3.05) is 5.75 Å². The summed E-state index contributed by atoms with van der Waals surface area (Å²) in [5, 5.41) is 4.19. The van der Waals surface area contributed by atoms with Gasteiger partial charge < -0.3 is 9.88 Å². The van der Waals surface area contributed by atoms with Crippen molar-refractivity contribution in [1.29, 1.82) is 0 Å². The highest BCUT2D eigenvalue weighted by molar-refractivity contribution is 7.99. The number of hydrogen-bond donors (Lipinski definition) is 1. The Bertz CT molecular complexity index is 771. The maximum atomic E-state index is 12.4. The molecule has 0 saturated heterocycles. The fourth-order valence-electron chi connectivity index (χ4n) is 4.91. The van der Waals surface area contributed by atoms with E-state index in [2.05, 4.69) is 34.8 Å². The van der Waals surface area contributed by atoms with E-state index in [1.165, 1.54) is 25.7 Å². The van der Waals surface area contributed by atoms with E-state index in [-0.39, 0.29) is 5.91 Å². The van der Waals surface area contributed by atoms with Crippen LogP contribution in [0.2, 0.25) is 0 Å². The number of aryl methyl sites for hydroxylation is 1. The molecule has 4 atom stereocenters. The van der Waals surface area contributed by atoms with Crippen molar-refractivity contribution >= 4 is 28.7 Å². The number of nitrogens with one attached hydrogen (secondary N) is 1. The van der Waals surface area contributed by atoms with Crippen LogP contribution in [0.3, 0.4) is 0 Å². The molecule has 0 spiro atoms. The lowest BCUT2D eigenvalue weighted by molar-refractivity contribution is -0.119. The summed E-state index contributed by atoms with van der Waals surface area (Å²) in [6.07, 6.45) is 5.47. The van der Waals surface area contributed by atoms with Crippen molar-refractivity contribution in [3.63, 3.8) is 0 Å². The van der Waals surface area contributed by atoms with Gasteiger partial charge in [0.1, 0.15) is 0 Å². The van der Waals surface area contributed by atoms with E-state index in [9.17, 15) is 4.79 Å². The molecule has 25 heavy (non-hydrogen) atoms. The molecule has 4 nitrogen and oxygen atoms in total. The van der Waals surface area contributed by atoms with E-state index in [0.29, 0.717) is 17.7 Å². The van der Waals surface area contributed by atoms with Crippen LogP contribution in [-0.4, -0.2) is 27.3 Å². The van der Waals surface area contributed by atoms with Gasteiger partial charge in [0.25, 0.3) is 0 Å². The first kappa shape index (κ1) is 17.0. The van der Waals surface area contributed by atoms with E-state index in [0.717, 1.165) is 34.6 Å². The predicted molar refractivity (Wildman–Crippen MR) is 103 cm³/mol. The molecule has 2 fully saturated rings. The number of imidazole rings is 1. The van der Waals surface area contributed by atoms with Gasteiger partial charge in [-0.25, -0.2) is 4.98 Å². The average molecular weight is 358 g/mol. The molecular weight excluding hydrogens is 330 g/mol. The Morgan fingerprint density at radius 2 is 2.20 bits per heavy atom. The molecule has 1 amide bonds. The van der Waals surface area contributed by atoms with Crippen molar-refractivity contribution in [2.45, 2.75) is 57.3 Å². The van der Waals surface area contributed by atoms with Crippen LogP contribution in [0, 0.1) is 17.8 Å². The third-order valence-corrected chi connectivity index (χ3v) is 7.07. The summed E-state index contributed by atoms with van der Waals surface area (Å²) in [4.78, 5) is 17.1. The highest BCUT2D eigenvalue weighted by Crippen LogP contribution is 2.49. The molecule has 0 aliphatic heterocycles. The third-order valence-electron chi connectivity index (χ3n) is 6.09. The van der Waals surface area contributed by atoms with Crippen LogP contribution in [0.4, 0.5) is 0 Å². The second kappa shape index (κ2) is 7.02. The molecule has 0 radical (unpaired) electrons. The lowest BCUT2D eigenvalue weighted by Crippen LogP contribution is -2.40. The topological polar surface area (TPSA) is 46.9 Å². The summed E-state index contributed by atoms with van der Waals surface area (Å²) in [5.41, 5.74) is 2.14. The molecule has 2 aliphatic carbocycles. The minimum Gasteiger partial charge on any atom is -0.353 e. The number of thioether (sulfide) groups is 1. The molecule has 2 saturated carbocycles. The Labute approximate surface area is 153 Å². The van der Waals surface area contributed by atoms with Crippen molar-refractivity contribution in [1.82, 2.24) is 14.9 Å². The van der Waals surface area contributed by atoms with Gasteiger partial charge in [0.2, 0.25) is 5.91 Å². The van der Waals surface area contributed by atoms with Gasteiger partial charge in [-0.2, -0.15) is 0 Å². The van der Waals surface area contributed by atoms with Gasteiger partial charge in [-0.05, 0) is 63.0 Å². The van der Waals surface area contributed by atoms with Gasteiger partial charge in [-0.3, -0.25) is 4.79 Å². The number of hydrogen-bond acceptors (Lipinski definition) is 3. The first-order chi connectivity index (χ1) is 12.2. The van der Waals surface area contributed by atoms with Crippen molar-refractivity contribution in [3.05, 3.63) is 24.3 Å². The maximum Gasteiger partial charge on any atom is 0.230 e. The SMILES string of the molecule is CCn1c(SCC(=O)NC(C)C2CC3CCC2C3)nc2ccccc21. The van der Waals surface area contributed by atoms with Crippen LogP contribution in [-0.2, 0) is 11.3 Å². The molecule has 2 bridgehead atoms. The monoisotopic (exact) mass is 357 g/mol. The van der Waals surface area contributed by atoms with Gasteiger partial charge in [0.15, 0.2) is 5.16 Å². The zero-order valence-electron chi connectivity index (χ0n) is 15.1. The van der Waals surface area contributed by atoms with Crippen LogP contribution in [0.1, 0.15) is 39.5 Å². The van der Waals surface area contributed by atoms with Crippen LogP contribution in [0.25, 0.3) is 11.0 Å². The van der Waals surface area contributed by atoms with Gasteiger partial charge in [-0.1, -0.05) is 30.3 Å². The van der Waals surface area contributed by atoms with Crippen LogP contribution >= 0.6 is 11.8 Å². The molecule has 1 aromatic carbocycles. The Kier molecular flexibility index (Phi) is 4.76. The molecule has 134 valence electrons. The molecule has 1 N–H and O–H groups in total. The van der Waals surface area contributed by atoms with Gasteiger partial charge >= 0.3 is 0 Å². The number of rotatable bonds is 6. The van der Waals surface area contributed by atoms with E-state index >= 15 is 0 Å². The zero-order valence-corrected chi connectivity index (χ0v) is 15.9. The van der Waals surface area contributed by atoms with Gasteiger partial charge in [0, 0.05) is 12.6 Å². The average Bonchev–Trinajstić information content (AvgIpc) is 3.32.